The normalized spacial score (nSPS) is 12.9. The smallest absolute Gasteiger partial charge is 0.332 e. The van der Waals surface area contributed by atoms with Crippen LogP contribution in [0.1, 0.15) is 25.0 Å². The first kappa shape index (κ1) is 26.0. The molecular weight excluding hydrogens is 504 g/mol. The number of hydrogen-bond acceptors (Lipinski definition) is 5. The van der Waals surface area contributed by atoms with Gasteiger partial charge in [0.05, 0.1) is 21.7 Å². The fourth-order valence-corrected chi connectivity index (χ4v) is 5.32. The maximum absolute atomic E-state index is 13.1. The molecule has 1 N–H and O–H groups in total. The highest BCUT2D eigenvalue weighted by Gasteiger charge is 2.37. The number of hydrogen-bond donors (Lipinski definition) is 1. The van der Waals surface area contributed by atoms with Gasteiger partial charge in [-0.1, -0.05) is 26.0 Å². The van der Waals surface area contributed by atoms with Gasteiger partial charge in [-0.25, -0.2) is 13.4 Å². The monoisotopic (exact) mass is 523 g/mol. The van der Waals surface area contributed by atoms with E-state index in [2.05, 4.69) is 10.3 Å². The molecule has 0 aliphatic carbocycles. The summed E-state index contributed by atoms with van der Waals surface area (Å²) in [6, 6.07) is 7.08. The van der Waals surface area contributed by atoms with Gasteiger partial charge < -0.3 is 5.32 Å². The Morgan fingerprint density at radius 3 is 1.91 bits per heavy atom. The zero-order valence-electron chi connectivity index (χ0n) is 17.8. The summed E-state index contributed by atoms with van der Waals surface area (Å²) >= 11 is 0.977. The molecule has 0 aliphatic heterocycles. The van der Waals surface area contributed by atoms with Crippen molar-refractivity contribution in [1.29, 1.82) is 0 Å². The molecule has 2 aromatic carbocycles. The third-order valence-corrected chi connectivity index (χ3v) is 7.66. The van der Waals surface area contributed by atoms with Crippen molar-refractivity contribution < 1.29 is 34.8 Å². The second-order valence-corrected chi connectivity index (χ2v) is 9.87. The number of thiazole rings is 1. The lowest BCUT2D eigenvalue weighted by Gasteiger charge is -2.18. The summed E-state index contributed by atoms with van der Waals surface area (Å²) in [7, 11) is -3.65. The zero-order chi connectivity index (χ0) is 25.3. The Balaban J connectivity index is 1.87. The molecule has 0 spiro atoms. The number of anilines is 2. The lowest BCUT2D eigenvalue weighted by atomic mass is 10.1. The standard InChI is InChI=1S/C21H19F6N3O2S2/c1-3-30(4-2)34(31,32)17-7-5-13(6-8-17)18-12-33-19(29-18)28-16-10-14(20(22,23)24)9-15(11-16)21(25,26)27/h5-12H,3-4H2,1-2H3,(H,28,29). The molecule has 3 aromatic rings. The highest BCUT2D eigenvalue weighted by molar-refractivity contribution is 7.89. The van der Waals surface area contributed by atoms with Gasteiger partial charge in [-0.15, -0.1) is 11.3 Å². The second-order valence-electron chi connectivity index (χ2n) is 7.07. The van der Waals surface area contributed by atoms with Crippen LogP contribution in [-0.2, 0) is 22.4 Å². The molecule has 0 bridgehead atoms. The van der Waals surface area contributed by atoms with Crippen LogP contribution in [0.3, 0.4) is 0 Å². The van der Waals surface area contributed by atoms with Crippen LogP contribution in [0.2, 0.25) is 0 Å². The maximum atomic E-state index is 13.1. The van der Waals surface area contributed by atoms with Crippen molar-refractivity contribution >= 4 is 32.2 Å². The van der Waals surface area contributed by atoms with Crippen molar-refractivity contribution in [2.24, 2.45) is 0 Å². The SMILES string of the molecule is CCN(CC)S(=O)(=O)c1ccc(-c2csc(Nc3cc(C(F)(F)F)cc(C(F)(F)F)c3)n2)cc1. The summed E-state index contributed by atoms with van der Waals surface area (Å²) in [4.78, 5) is 4.30. The minimum Gasteiger partial charge on any atom is -0.332 e. The highest BCUT2D eigenvalue weighted by atomic mass is 32.2. The van der Waals surface area contributed by atoms with Gasteiger partial charge in [-0.2, -0.15) is 30.6 Å². The molecule has 0 aliphatic rings. The molecule has 0 unspecified atom stereocenters. The predicted molar refractivity (Wildman–Crippen MR) is 117 cm³/mol. The molecule has 0 amide bonds. The first-order valence-corrected chi connectivity index (χ1v) is 12.2. The third kappa shape index (κ3) is 5.70. The van der Waals surface area contributed by atoms with E-state index in [0.717, 1.165) is 11.3 Å². The van der Waals surface area contributed by atoms with E-state index in [-0.39, 0.29) is 16.1 Å². The minimum absolute atomic E-state index is 0.0479. The largest absolute Gasteiger partial charge is 0.416 e. The highest BCUT2D eigenvalue weighted by Crippen LogP contribution is 2.38. The fraction of sp³-hybridized carbons (Fsp3) is 0.286. The number of nitrogens with zero attached hydrogens (tertiary/aromatic N) is 2. The molecule has 0 saturated carbocycles. The third-order valence-electron chi connectivity index (χ3n) is 4.84. The molecule has 0 saturated heterocycles. The van der Waals surface area contributed by atoms with Crippen molar-refractivity contribution in [2.45, 2.75) is 31.1 Å². The zero-order valence-corrected chi connectivity index (χ0v) is 19.5. The first-order valence-electron chi connectivity index (χ1n) is 9.88. The lowest BCUT2D eigenvalue weighted by Crippen LogP contribution is -2.30. The Hall–Kier alpha value is -2.64. The number of aromatic nitrogens is 1. The van der Waals surface area contributed by atoms with E-state index in [1.807, 2.05) is 0 Å². The fourth-order valence-electron chi connectivity index (χ4n) is 3.12. The summed E-state index contributed by atoms with van der Waals surface area (Å²) in [5.41, 5.74) is -2.38. The van der Waals surface area contributed by atoms with Crippen LogP contribution in [0, 0.1) is 0 Å². The molecular formula is C21H19F6N3O2S2. The Morgan fingerprint density at radius 2 is 1.44 bits per heavy atom. The average Bonchev–Trinajstić information content (AvgIpc) is 3.21. The Bertz CT molecular complexity index is 1220. The molecule has 0 fully saturated rings. The Kier molecular flexibility index (Phi) is 7.29. The summed E-state index contributed by atoms with van der Waals surface area (Å²) in [6.45, 7) is 4.07. The van der Waals surface area contributed by atoms with Gasteiger partial charge >= 0.3 is 12.4 Å². The van der Waals surface area contributed by atoms with Crippen LogP contribution in [0.15, 0.2) is 52.7 Å². The molecule has 1 aromatic heterocycles. The molecule has 5 nitrogen and oxygen atoms in total. The van der Waals surface area contributed by atoms with E-state index in [0.29, 0.717) is 36.5 Å². The van der Waals surface area contributed by atoms with Gasteiger partial charge in [0.2, 0.25) is 10.0 Å². The molecule has 0 radical (unpaired) electrons. The number of rotatable bonds is 7. The van der Waals surface area contributed by atoms with Crippen LogP contribution in [0.5, 0.6) is 0 Å². The summed E-state index contributed by atoms with van der Waals surface area (Å²) < 4.78 is 105. The Morgan fingerprint density at radius 1 is 0.912 bits per heavy atom. The van der Waals surface area contributed by atoms with Crippen molar-refractivity contribution in [2.75, 3.05) is 18.4 Å². The lowest BCUT2D eigenvalue weighted by molar-refractivity contribution is -0.143. The topological polar surface area (TPSA) is 62.3 Å². The number of sulfonamides is 1. The summed E-state index contributed by atoms with van der Waals surface area (Å²) in [5, 5.41) is 4.11. The quantitative estimate of drug-likeness (QED) is 0.354. The second kappa shape index (κ2) is 9.55. The summed E-state index contributed by atoms with van der Waals surface area (Å²) in [6.07, 6.45) is -9.92. The van der Waals surface area contributed by atoms with Crippen molar-refractivity contribution in [1.82, 2.24) is 9.29 Å². The summed E-state index contributed by atoms with van der Waals surface area (Å²) in [5.74, 6) is 0. The minimum atomic E-state index is -4.96. The van der Waals surface area contributed by atoms with Gasteiger partial charge in [-0.3, -0.25) is 0 Å². The van der Waals surface area contributed by atoms with Crippen LogP contribution in [0.4, 0.5) is 37.2 Å². The van der Waals surface area contributed by atoms with E-state index in [9.17, 15) is 34.8 Å². The molecule has 13 heteroatoms. The van der Waals surface area contributed by atoms with Gasteiger partial charge in [0, 0.05) is 29.7 Å². The number of nitrogens with one attached hydrogen (secondary N) is 1. The number of benzene rings is 2. The van der Waals surface area contributed by atoms with Crippen molar-refractivity contribution in [3.05, 3.63) is 59.0 Å². The van der Waals surface area contributed by atoms with Crippen LogP contribution >= 0.6 is 11.3 Å². The van der Waals surface area contributed by atoms with Crippen molar-refractivity contribution in [3.8, 4) is 11.3 Å². The maximum Gasteiger partial charge on any atom is 0.416 e. The average molecular weight is 524 g/mol. The van der Waals surface area contributed by atoms with Gasteiger partial charge in [-0.05, 0) is 30.3 Å². The molecule has 34 heavy (non-hydrogen) atoms. The molecule has 184 valence electrons. The van der Waals surface area contributed by atoms with E-state index in [1.165, 1.54) is 28.6 Å². The van der Waals surface area contributed by atoms with Gasteiger partial charge in [0.25, 0.3) is 0 Å². The van der Waals surface area contributed by atoms with Crippen LogP contribution in [0.25, 0.3) is 11.3 Å². The van der Waals surface area contributed by atoms with E-state index in [4.69, 9.17) is 0 Å². The number of halogens is 6. The number of alkyl halides is 6. The van der Waals surface area contributed by atoms with E-state index in [1.54, 1.807) is 19.2 Å². The Labute approximate surface area is 196 Å². The first-order chi connectivity index (χ1) is 15.8. The van der Waals surface area contributed by atoms with Crippen LogP contribution < -0.4 is 5.32 Å². The van der Waals surface area contributed by atoms with Crippen LogP contribution in [-0.4, -0.2) is 30.8 Å². The van der Waals surface area contributed by atoms with Gasteiger partial charge in [0.15, 0.2) is 5.13 Å². The predicted octanol–water partition coefficient (Wildman–Crippen LogP) is 6.62. The molecule has 1 heterocycles. The van der Waals surface area contributed by atoms with E-state index < -0.39 is 39.2 Å². The van der Waals surface area contributed by atoms with Gasteiger partial charge in [0.1, 0.15) is 0 Å². The molecule has 3 rings (SSSR count). The molecule has 0 atom stereocenters. The van der Waals surface area contributed by atoms with E-state index >= 15 is 0 Å². The van der Waals surface area contributed by atoms with Crippen molar-refractivity contribution in [3.63, 3.8) is 0 Å².